The topological polar surface area (TPSA) is 50.4 Å². The highest BCUT2D eigenvalue weighted by Crippen LogP contribution is 2.22. The zero-order chi connectivity index (χ0) is 14.4. The molecular formula is C15H15BrN2O2. The van der Waals surface area contributed by atoms with Crippen LogP contribution in [0.2, 0.25) is 0 Å². The summed E-state index contributed by atoms with van der Waals surface area (Å²) in [5, 5.41) is 5.87. The summed E-state index contributed by atoms with van der Waals surface area (Å²) in [5.41, 5.74) is 1.55. The molecule has 0 heterocycles. The summed E-state index contributed by atoms with van der Waals surface area (Å²) in [5.74, 6) is 0.594. The predicted molar refractivity (Wildman–Crippen MR) is 84.3 cm³/mol. The predicted octanol–water partition coefficient (Wildman–Crippen LogP) is 3.51. The number of halogens is 1. The third-order valence-corrected chi connectivity index (χ3v) is 3.15. The average Bonchev–Trinajstić information content (AvgIpc) is 2.45. The molecule has 0 fully saturated rings. The van der Waals surface area contributed by atoms with Gasteiger partial charge in [0.25, 0.3) is 0 Å². The maximum Gasteiger partial charge on any atom is 0.243 e. The smallest absolute Gasteiger partial charge is 0.243 e. The van der Waals surface area contributed by atoms with E-state index in [2.05, 4.69) is 26.6 Å². The highest BCUT2D eigenvalue weighted by atomic mass is 79.9. The van der Waals surface area contributed by atoms with E-state index in [4.69, 9.17) is 4.74 Å². The van der Waals surface area contributed by atoms with Crippen molar-refractivity contribution >= 4 is 33.2 Å². The number of hydrogen-bond donors (Lipinski definition) is 2. The number of carbonyl (C=O) groups is 1. The molecule has 104 valence electrons. The van der Waals surface area contributed by atoms with Crippen molar-refractivity contribution in [3.63, 3.8) is 0 Å². The fourth-order valence-corrected chi connectivity index (χ4v) is 2.14. The molecule has 0 saturated carbocycles. The van der Waals surface area contributed by atoms with Gasteiger partial charge in [-0.2, -0.15) is 0 Å². The second kappa shape index (κ2) is 6.96. The zero-order valence-electron chi connectivity index (χ0n) is 11.0. The Hall–Kier alpha value is -2.01. The van der Waals surface area contributed by atoms with E-state index >= 15 is 0 Å². The Morgan fingerprint density at radius 2 is 2.00 bits per heavy atom. The Kier molecular flexibility index (Phi) is 5.01. The second-order valence-electron chi connectivity index (χ2n) is 4.11. The van der Waals surface area contributed by atoms with Crippen LogP contribution in [0, 0.1) is 0 Å². The minimum absolute atomic E-state index is 0.117. The summed E-state index contributed by atoms with van der Waals surface area (Å²) in [6, 6.07) is 14.9. The summed E-state index contributed by atoms with van der Waals surface area (Å²) in [6.07, 6.45) is 0. The molecule has 2 N–H and O–H groups in total. The molecule has 0 bridgehead atoms. The molecule has 2 rings (SSSR count). The summed E-state index contributed by atoms with van der Waals surface area (Å²) in [4.78, 5) is 11.9. The highest BCUT2D eigenvalue weighted by molar-refractivity contribution is 9.10. The van der Waals surface area contributed by atoms with Crippen molar-refractivity contribution in [2.75, 3.05) is 24.3 Å². The van der Waals surface area contributed by atoms with Crippen LogP contribution in [0.1, 0.15) is 0 Å². The first kappa shape index (κ1) is 14.4. The van der Waals surface area contributed by atoms with Crippen molar-refractivity contribution < 1.29 is 9.53 Å². The van der Waals surface area contributed by atoms with Gasteiger partial charge in [-0.05, 0) is 30.3 Å². The van der Waals surface area contributed by atoms with E-state index in [0.29, 0.717) is 5.75 Å². The molecule has 0 spiro atoms. The van der Waals surface area contributed by atoms with Crippen LogP contribution in [-0.4, -0.2) is 19.6 Å². The highest BCUT2D eigenvalue weighted by Gasteiger charge is 2.05. The fraction of sp³-hybridized carbons (Fsp3) is 0.133. The lowest BCUT2D eigenvalue weighted by molar-refractivity contribution is -0.114. The normalized spacial score (nSPS) is 9.90. The van der Waals surface area contributed by atoms with Crippen LogP contribution < -0.4 is 15.4 Å². The third-order valence-electron chi connectivity index (χ3n) is 2.65. The summed E-state index contributed by atoms with van der Waals surface area (Å²) >= 11 is 3.36. The van der Waals surface area contributed by atoms with Crippen molar-refractivity contribution in [2.24, 2.45) is 0 Å². The summed E-state index contributed by atoms with van der Waals surface area (Å²) in [7, 11) is 1.60. The molecule has 0 aliphatic carbocycles. The standard InChI is InChI=1S/C15H15BrN2O2/c1-20-14-8-3-2-7-13(14)17-10-15(19)18-12-6-4-5-11(16)9-12/h2-9,17H,10H2,1H3,(H,18,19). The van der Waals surface area contributed by atoms with Crippen molar-refractivity contribution in [2.45, 2.75) is 0 Å². The molecule has 5 heteroatoms. The molecule has 0 aliphatic heterocycles. The minimum Gasteiger partial charge on any atom is -0.495 e. The fourth-order valence-electron chi connectivity index (χ4n) is 1.74. The van der Waals surface area contributed by atoms with Crippen LogP contribution >= 0.6 is 15.9 Å². The van der Waals surface area contributed by atoms with Crippen LogP contribution in [0.5, 0.6) is 5.75 Å². The molecule has 4 nitrogen and oxygen atoms in total. The number of para-hydroxylation sites is 2. The van der Waals surface area contributed by atoms with Crippen molar-refractivity contribution in [1.82, 2.24) is 0 Å². The molecule has 2 aromatic carbocycles. The number of ether oxygens (including phenoxy) is 1. The van der Waals surface area contributed by atoms with Crippen LogP contribution in [0.4, 0.5) is 11.4 Å². The van der Waals surface area contributed by atoms with Gasteiger partial charge in [0.2, 0.25) is 5.91 Å². The number of methoxy groups -OCH3 is 1. The maximum atomic E-state index is 11.9. The van der Waals surface area contributed by atoms with E-state index in [9.17, 15) is 4.79 Å². The van der Waals surface area contributed by atoms with Gasteiger partial charge in [-0.1, -0.05) is 34.1 Å². The lowest BCUT2D eigenvalue weighted by Gasteiger charge is -2.11. The van der Waals surface area contributed by atoms with E-state index in [1.165, 1.54) is 0 Å². The Morgan fingerprint density at radius 3 is 2.75 bits per heavy atom. The van der Waals surface area contributed by atoms with Gasteiger partial charge in [0, 0.05) is 10.2 Å². The average molecular weight is 335 g/mol. The van der Waals surface area contributed by atoms with Gasteiger partial charge >= 0.3 is 0 Å². The number of carbonyl (C=O) groups excluding carboxylic acids is 1. The number of anilines is 2. The molecule has 2 aromatic rings. The van der Waals surface area contributed by atoms with E-state index in [-0.39, 0.29) is 12.5 Å². The van der Waals surface area contributed by atoms with Crippen LogP contribution in [0.25, 0.3) is 0 Å². The van der Waals surface area contributed by atoms with Crippen molar-refractivity contribution in [3.8, 4) is 5.75 Å². The van der Waals surface area contributed by atoms with Gasteiger partial charge in [-0.25, -0.2) is 0 Å². The van der Waals surface area contributed by atoms with Gasteiger partial charge in [0.15, 0.2) is 0 Å². The van der Waals surface area contributed by atoms with Gasteiger partial charge < -0.3 is 15.4 Å². The zero-order valence-corrected chi connectivity index (χ0v) is 12.6. The molecule has 0 atom stereocenters. The Labute approximate surface area is 126 Å². The molecule has 1 amide bonds. The van der Waals surface area contributed by atoms with E-state index in [0.717, 1.165) is 15.8 Å². The Morgan fingerprint density at radius 1 is 1.20 bits per heavy atom. The number of benzene rings is 2. The Bertz CT molecular complexity index is 602. The van der Waals surface area contributed by atoms with Crippen LogP contribution in [0.3, 0.4) is 0 Å². The second-order valence-corrected chi connectivity index (χ2v) is 5.03. The van der Waals surface area contributed by atoms with E-state index in [1.807, 2.05) is 48.5 Å². The molecule has 0 aromatic heterocycles. The largest absolute Gasteiger partial charge is 0.495 e. The number of rotatable bonds is 5. The summed E-state index contributed by atoms with van der Waals surface area (Å²) < 4.78 is 6.14. The SMILES string of the molecule is COc1ccccc1NCC(=O)Nc1cccc(Br)c1. The van der Waals surface area contributed by atoms with Gasteiger partial charge in [-0.3, -0.25) is 4.79 Å². The van der Waals surface area contributed by atoms with Crippen LogP contribution in [0.15, 0.2) is 53.0 Å². The minimum atomic E-state index is -0.117. The molecule has 0 unspecified atom stereocenters. The number of hydrogen-bond acceptors (Lipinski definition) is 3. The van der Waals surface area contributed by atoms with E-state index in [1.54, 1.807) is 7.11 Å². The lowest BCUT2D eigenvalue weighted by atomic mass is 10.3. The Balaban J connectivity index is 1.92. The first-order valence-corrected chi connectivity index (χ1v) is 6.90. The van der Waals surface area contributed by atoms with Crippen molar-refractivity contribution in [3.05, 3.63) is 53.0 Å². The number of nitrogens with one attached hydrogen (secondary N) is 2. The van der Waals surface area contributed by atoms with Crippen LogP contribution in [-0.2, 0) is 4.79 Å². The van der Waals surface area contributed by atoms with Gasteiger partial charge in [-0.15, -0.1) is 0 Å². The molecular weight excluding hydrogens is 320 g/mol. The lowest BCUT2D eigenvalue weighted by Crippen LogP contribution is -2.21. The molecule has 0 radical (unpaired) electrons. The summed E-state index contributed by atoms with van der Waals surface area (Å²) in [6.45, 7) is 0.173. The monoisotopic (exact) mass is 334 g/mol. The molecule has 0 aliphatic rings. The first-order valence-electron chi connectivity index (χ1n) is 6.11. The van der Waals surface area contributed by atoms with E-state index < -0.39 is 0 Å². The van der Waals surface area contributed by atoms with Crippen molar-refractivity contribution in [1.29, 1.82) is 0 Å². The quantitative estimate of drug-likeness (QED) is 0.879. The first-order chi connectivity index (χ1) is 9.69. The van der Waals surface area contributed by atoms with Gasteiger partial charge in [0.1, 0.15) is 5.75 Å². The number of amides is 1. The van der Waals surface area contributed by atoms with Gasteiger partial charge in [0.05, 0.1) is 19.3 Å². The molecule has 20 heavy (non-hydrogen) atoms. The maximum absolute atomic E-state index is 11.9. The molecule has 0 saturated heterocycles. The third kappa shape index (κ3) is 3.99.